The molecule has 0 aromatic carbocycles. The molecule has 0 amide bonds. The van der Waals surface area contributed by atoms with E-state index in [0.29, 0.717) is 0 Å². The Bertz CT molecular complexity index is 149. The van der Waals surface area contributed by atoms with Crippen molar-refractivity contribution in [2.45, 2.75) is 31.5 Å². The van der Waals surface area contributed by atoms with E-state index in [4.69, 9.17) is 11.2 Å². The fraction of sp³-hybridized carbons (Fsp3) is 0.750. The molecular weight excluding hydrogens is 128 g/mol. The van der Waals surface area contributed by atoms with Gasteiger partial charge in [-0.25, -0.2) is 0 Å². The van der Waals surface area contributed by atoms with Crippen LogP contribution in [0.1, 0.15) is 19.8 Å². The van der Waals surface area contributed by atoms with Crippen LogP contribution in [0.4, 0.5) is 0 Å². The molecular formula is C8H12O2. The second-order valence-corrected chi connectivity index (χ2v) is 2.79. The van der Waals surface area contributed by atoms with Crippen LogP contribution in [0.5, 0.6) is 0 Å². The minimum atomic E-state index is -1.07. The van der Waals surface area contributed by atoms with E-state index >= 15 is 0 Å². The van der Waals surface area contributed by atoms with Gasteiger partial charge in [0.05, 0.1) is 6.10 Å². The first-order valence-corrected chi connectivity index (χ1v) is 3.48. The summed E-state index contributed by atoms with van der Waals surface area (Å²) in [6, 6.07) is 0. The molecule has 2 unspecified atom stereocenters. The molecule has 1 aliphatic rings. The molecule has 1 N–H and O–H groups in total. The third kappa shape index (κ3) is 1.31. The van der Waals surface area contributed by atoms with Gasteiger partial charge in [0.1, 0.15) is 5.60 Å². The van der Waals surface area contributed by atoms with Gasteiger partial charge in [0.2, 0.25) is 0 Å². The van der Waals surface area contributed by atoms with Gasteiger partial charge in [0.25, 0.3) is 0 Å². The molecule has 1 saturated heterocycles. The summed E-state index contributed by atoms with van der Waals surface area (Å²) in [7, 11) is 0. The average molecular weight is 140 g/mol. The third-order valence-electron chi connectivity index (χ3n) is 1.85. The van der Waals surface area contributed by atoms with E-state index in [1.165, 1.54) is 0 Å². The van der Waals surface area contributed by atoms with Gasteiger partial charge >= 0.3 is 0 Å². The molecule has 0 saturated carbocycles. The molecule has 2 atom stereocenters. The molecule has 0 spiro atoms. The molecule has 10 heavy (non-hydrogen) atoms. The van der Waals surface area contributed by atoms with Crippen molar-refractivity contribution in [3.05, 3.63) is 0 Å². The number of hydrogen-bond donors (Lipinski definition) is 1. The zero-order valence-electron chi connectivity index (χ0n) is 6.13. The summed E-state index contributed by atoms with van der Waals surface area (Å²) in [6.45, 7) is 2.34. The van der Waals surface area contributed by atoms with Crippen molar-refractivity contribution in [1.82, 2.24) is 0 Å². The van der Waals surface area contributed by atoms with Crippen LogP contribution in [0, 0.1) is 12.3 Å². The average Bonchev–Trinajstić information content (AvgIpc) is 2.38. The highest BCUT2D eigenvalue weighted by Crippen LogP contribution is 2.22. The van der Waals surface area contributed by atoms with Gasteiger partial charge in [0, 0.05) is 6.61 Å². The summed E-state index contributed by atoms with van der Waals surface area (Å²) in [5.41, 5.74) is -1.07. The highest BCUT2D eigenvalue weighted by atomic mass is 16.5. The van der Waals surface area contributed by atoms with Crippen molar-refractivity contribution in [1.29, 1.82) is 0 Å². The van der Waals surface area contributed by atoms with Crippen LogP contribution < -0.4 is 0 Å². The predicted molar refractivity (Wildman–Crippen MR) is 38.4 cm³/mol. The van der Waals surface area contributed by atoms with E-state index in [0.717, 1.165) is 19.4 Å². The van der Waals surface area contributed by atoms with Crippen molar-refractivity contribution in [2.75, 3.05) is 6.61 Å². The summed E-state index contributed by atoms with van der Waals surface area (Å²) in [5, 5.41) is 9.46. The van der Waals surface area contributed by atoms with Gasteiger partial charge in [0.15, 0.2) is 0 Å². The molecule has 0 aromatic rings. The summed E-state index contributed by atoms with van der Waals surface area (Å²) in [4.78, 5) is 0. The lowest BCUT2D eigenvalue weighted by molar-refractivity contribution is -0.0343. The van der Waals surface area contributed by atoms with Crippen molar-refractivity contribution >= 4 is 0 Å². The zero-order chi connectivity index (χ0) is 7.61. The van der Waals surface area contributed by atoms with Crippen molar-refractivity contribution in [3.8, 4) is 12.3 Å². The van der Waals surface area contributed by atoms with Gasteiger partial charge in [-0.1, -0.05) is 5.92 Å². The monoisotopic (exact) mass is 140 g/mol. The first-order chi connectivity index (χ1) is 4.67. The number of ether oxygens (including phenoxy) is 1. The number of hydrogen-bond acceptors (Lipinski definition) is 2. The van der Waals surface area contributed by atoms with Crippen LogP contribution in [0.15, 0.2) is 0 Å². The summed E-state index contributed by atoms with van der Waals surface area (Å²) >= 11 is 0. The van der Waals surface area contributed by atoms with Crippen LogP contribution in [0.3, 0.4) is 0 Å². The Morgan fingerprint density at radius 1 is 1.80 bits per heavy atom. The molecule has 2 heteroatoms. The van der Waals surface area contributed by atoms with Crippen molar-refractivity contribution in [2.24, 2.45) is 0 Å². The maximum absolute atomic E-state index is 9.46. The SMILES string of the molecule is C#CC(C)(O)C1CCCO1. The van der Waals surface area contributed by atoms with Crippen molar-refractivity contribution in [3.63, 3.8) is 0 Å². The second-order valence-electron chi connectivity index (χ2n) is 2.79. The maximum atomic E-state index is 9.46. The molecule has 56 valence electrons. The lowest BCUT2D eigenvalue weighted by Gasteiger charge is -2.22. The summed E-state index contributed by atoms with van der Waals surface area (Å²) in [5.74, 6) is 2.31. The van der Waals surface area contributed by atoms with Gasteiger partial charge < -0.3 is 9.84 Å². The van der Waals surface area contributed by atoms with Crippen LogP contribution in [-0.2, 0) is 4.74 Å². The molecule has 0 aliphatic carbocycles. The molecule has 0 radical (unpaired) electrons. The molecule has 2 nitrogen and oxygen atoms in total. The van der Waals surface area contributed by atoms with Crippen molar-refractivity contribution < 1.29 is 9.84 Å². The van der Waals surface area contributed by atoms with E-state index in [1.807, 2.05) is 0 Å². The predicted octanol–water partition coefficient (Wildman–Crippen LogP) is 0.550. The first-order valence-electron chi connectivity index (χ1n) is 3.48. The Labute approximate surface area is 61.2 Å². The third-order valence-corrected chi connectivity index (χ3v) is 1.85. The molecule has 1 aliphatic heterocycles. The summed E-state index contributed by atoms with van der Waals surface area (Å²) < 4.78 is 5.22. The normalized spacial score (nSPS) is 31.1. The largest absolute Gasteiger partial charge is 0.375 e. The van der Waals surface area contributed by atoms with E-state index in [1.54, 1.807) is 6.92 Å². The maximum Gasteiger partial charge on any atom is 0.148 e. The number of terminal acetylenes is 1. The Morgan fingerprint density at radius 3 is 2.90 bits per heavy atom. The Hall–Kier alpha value is -0.520. The topological polar surface area (TPSA) is 29.5 Å². The second kappa shape index (κ2) is 2.61. The quantitative estimate of drug-likeness (QED) is 0.539. The van der Waals surface area contributed by atoms with E-state index < -0.39 is 5.60 Å². The minimum Gasteiger partial charge on any atom is -0.375 e. The van der Waals surface area contributed by atoms with Crippen LogP contribution >= 0.6 is 0 Å². The lowest BCUT2D eigenvalue weighted by Crippen LogP contribution is -2.36. The van der Waals surface area contributed by atoms with Crippen LogP contribution in [-0.4, -0.2) is 23.4 Å². The Kier molecular flexibility index (Phi) is 1.98. The molecule has 1 fully saturated rings. The Balaban J connectivity index is 2.56. The minimum absolute atomic E-state index is 0.155. The molecule has 1 heterocycles. The smallest absolute Gasteiger partial charge is 0.148 e. The van der Waals surface area contributed by atoms with Gasteiger partial charge in [-0.15, -0.1) is 6.42 Å². The van der Waals surface area contributed by atoms with Crippen LogP contribution in [0.25, 0.3) is 0 Å². The molecule has 1 rings (SSSR count). The van der Waals surface area contributed by atoms with Crippen LogP contribution in [0.2, 0.25) is 0 Å². The fourth-order valence-corrected chi connectivity index (χ4v) is 1.11. The molecule has 0 aromatic heterocycles. The zero-order valence-corrected chi connectivity index (χ0v) is 6.13. The number of rotatable bonds is 1. The summed E-state index contributed by atoms with van der Waals surface area (Å²) in [6.07, 6.45) is 6.83. The molecule has 0 bridgehead atoms. The van der Waals surface area contributed by atoms with E-state index in [9.17, 15) is 5.11 Å². The van der Waals surface area contributed by atoms with Gasteiger partial charge in [-0.05, 0) is 19.8 Å². The van der Waals surface area contributed by atoms with E-state index in [2.05, 4.69) is 5.92 Å². The fourth-order valence-electron chi connectivity index (χ4n) is 1.11. The first kappa shape index (κ1) is 7.59. The highest BCUT2D eigenvalue weighted by molar-refractivity contribution is 5.09. The standard InChI is InChI=1S/C8H12O2/c1-3-8(2,9)7-5-4-6-10-7/h1,7,9H,4-6H2,2H3. The van der Waals surface area contributed by atoms with E-state index in [-0.39, 0.29) is 6.10 Å². The van der Waals surface area contributed by atoms with Gasteiger partial charge in [-0.2, -0.15) is 0 Å². The Morgan fingerprint density at radius 2 is 2.50 bits per heavy atom. The van der Waals surface area contributed by atoms with Gasteiger partial charge in [-0.3, -0.25) is 0 Å². The lowest BCUT2D eigenvalue weighted by atomic mass is 9.98. The highest BCUT2D eigenvalue weighted by Gasteiger charge is 2.33. The number of aliphatic hydroxyl groups is 1.